The first-order chi connectivity index (χ1) is 12.5. The molecule has 0 saturated carbocycles. The lowest BCUT2D eigenvalue weighted by Gasteiger charge is -2.33. The normalized spacial score (nSPS) is 16.2. The maximum Gasteiger partial charge on any atom is 0.317 e. The summed E-state index contributed by atoms with van der Waals surface area (Å²) >= 11 is 0. The molecule has 1 aliphatic rings. The van der Waals surface area contributed by atoms with E-state index in [-0.39, 0.29) is 23.9 Å². The molecule has 1 aromatic carbocycles. The molecular weight excluding hydrogens is 340 g/mol. The van der Waals surface area contributed by atoms with Crippen LogP contribution in [0.3, 0.4) is 0 Å². The van der Waals surface area contributed by atoms with Crippen LogP contribution >= 0.6 is 0 Å². The maximum absolute atomic E-state index is 13.7. The summed E-state index contributed by atoms with van der Waals surface area (Å²) in [7, 11) is 0. The molecule has 0 bridgehead atoms. The Morgan fingerprint density at radius 1 is 1.31 bits per heavy atom. The predicted molar refractivity (Wildman–Crippen MR) is 92.8 cm³/mol. The largest absolute Gasteiger partial charge is 0.487 e. The van der Waals surface area contributed by atoms with Gasteiger partial charge in [-0.25, -0.2) is 13.6 Å². The first-order valence-electron chi connectivity index (χ1n) is 8.60. The Balaban J connectivity index is 1.49. The summed E-state index contributed by atoms with van der Waals surface area (Å²) in [5.41, 5.74) is 0.936. The number of hydrogen-bond donors (Lipinski definition) is 1. The summed E-state index contributed by atoms with van der Waals surface area (Å²) < 4.78 is 32.2. The van der Waals surface area contributed by atoms with E-state index >= 15 is 0 Å². The third kappa shape index (κ3) is 4.47. The Hall–Kier alpha value is -2.70. The summed E-state index contributed by atoms with van der Waals surface area (Å²) in [6, 6.07) is 6.72. The molecule has 1 aromatic heterocycles. The number of hydrogen-bond acceptors (Lipinski definition) is 3. The molecule has 1 saturated heterocycles. The quantitative estimate of drug-likeness (QED) is 0.904. The molecule has 1 N–H and O–H groups in total. The highest BCUT2D eigenvalue weighted by molar-refractivity contribution is 5.74. The van der Waals surface area contributed by atoms with Gasteiger partial charge in [0, 0.05) is 44.4 Å². The number of nitrogens with zero attached hydrogens (tertiary/aromatic N) is 2. The van der Waals surface area contributed by atoms with E-state index in [0.717, 1.165) is 11.6 Å². The van der Waals surface area contributed by atoms with Crippen LogP contribution in [0, 0.1) is 11.6 Å². The SMILES string of the molecule is CC(NC(=O)N1CCC(Oc2ccc(F)cc2F)CC1)c1cccnc1. The highest BCUT2D eigenvalue weighted by atomic mass is 19.1. The Bertz CT molecular complexity index is 750. The zero-order chi connectivity index (χ0) is 18.5. The fourth-order valence-corrected chi connectivity index (χ4v) is 2.92. The van der Waals surface area contributed by atoms with Gasteiger partial charge in [-0.3, -0.25) is 4.98 Å². The molecule has 7 heteroatoms. The number of halogens is 2. The minimum atomic E-state index is -0.713. The first-order valence-corrected chi connectivity index (χ1v) is 8.60. The summed E-state index contributed by atoms with van der Waals surface area (Å²) in [4.78, 5) is 18.2. The minimum absolute atomic E-state index is 0.0412. The monoisotopic (exact) mass is 361 g/mol. The standard InChI is InChI=1S/C19H21F2N3O2/c1-13(14-3-2-8-22-12-14)23-19(25)24-9-6-16(7-10-24)26-18-5-4-15(20)11-17(18)21/h2-5,8,11-13,16H,6-7,9-10H2,1H3,(H,23,25). The highest BCUT2D eigenvalue weighted by Gasteiger charge is 2.25. The van der Waals surface area contributed by atoms with Crippen LogP contribution in [0.5, 0.6) is 5.75 Å². The number of benzene rings is 1. The number of ether oxygens (including phenoxy) is 1. The number of carbonyl (C=O) groups is 1. The summed E-state index contributed by atoms with van der Waals surface area (Å²) in [5.74, 6) is -1.31. The van der Waals surface area contributed by atoms with Gasteiger partial charge in [0.05, 0.1) is 6.04 Å². The summed E-state index contributed by atoms with van der Waals surface area (Å²) in [6.07, 6.45) is 4.39. The number of nitrogens with one attached hydrogen (secondary N) is 1. The van der Waals surface area contributed by atoms with Crippen molar-refractivity contribution >= 4 is 6.03 Å². The van der Waals surface area contributed by atoms with Crippen molar-refractivity contribution in [2.24, 2.45) is 0 Å². The van der Waals surface area contributed by atoms with Crippen molar-refractivity contribution in [1.29, 1.82) is 0 Å². The van der Waals surface area contributed by atoms with Crippen molar-refractivity contribution in [3.8, 4) is 5.75 Å². The number of carbonyl (C=O) groups excluding carboxylic acids is 1. The van der Waals surface area contributed by atoms with Crippen LogP contribution in [0.25, 0.3) is 0 Å². The van der Waals surface area contributed by atoms with E-state index in [1.54, 1.807) is 17.3 Å². The lowest BCUT2D eigenvalue weighted by atomic mass is 10.1. The van der Waals surface area contributed by atoms with Crippen LogP contribution in [0.4, 0.5) is 13.6 Å². The second-order valence-electron chi connectivity index (χ2n) is 6.34. The molecule has 26 heavy (non-hydrogen) atoms. The van der Waals surface area contributed by atoms with Crippen molar-refractivity contribution in [2.75, 3.05) is 13.1 Å². The zero-order valence-electron chi connectivity index (χ0n) is 14.5. The van der Waals surface area contributed by atoms with Gasteiger partial charge in [0.2, 0.25) is 0 Å². The fraction of sp³-hybridized carbons (Fsp3) is 0.368. The lowest BCUT2D eigenvalue weighted by Crippen LogP contribution is -2.47. The van der Waals surface area contributed by atoms with Gasteiger partial charge in [-0.15, -0.1) is 0 Å². The molecule has 1 fully saturated rings. The van der Waals surface area contributed by atoms with E-state index in [4.69, 9.17) is 4.74 Å². The van der Waals surface area contributed by atoms with Crippen LogP contribution in [0.1, 0.15) is 31.4 Å². The van der Waals surface area contributed by atoms with Crippen molar-refractivity contribution in [1.82, 2.24) is 15.2 Å². The average Bonchev–Trinajstić information content (AvgIpc) is 2.65. The molecule has 2 heterocycles. The molecule has 138 valence electrons. The van der Waals surface area contributed by atoms with Crippen LogP contribution < -0.4 is 10.1 Å². The number of pyridine rings is 1. The number of amides is 2. The van der Waals surface area contributed by atoms with E-state index in [0.29, 0.717) is 25.9 Å². The molecule has 3 rings (SSSR count). The van der Waals surface area contributed by atoms with Crippen molar-refractivity contribution in [3.63, 3.8) is 0 Å². The minimum Gasteiger partial charge on any atom is -0.487 e. The Kier molecular flexibility index (Phi) is 5.65. The topological polar surface area (TPSA) is 54.5 Å². The molecular formula is C19H21F2N3O2. The van der Waals surface area contributed by atoms with Crippen molar-refractivity contribution in [3.05, 3.63) is 59.9 Å². The molecule has 1 unspecified atom stereocenters. The number of urea groups is 1. The third-order valence-electron chi connectivity index (χ3n) is 4.44. The van der Waals surface area contributed by atoms with Gasteiger partial charge >= 0.3 is 6.03 Å². The Morgan fingerprint density at radius 3 is 2.73 bits per heavy atom. The first kappa shape index (κ1) is 18.1. The third-order valence-corrected chi connectivity index (χ3v) is 4.44. The molecule has 1 atom stereocenters. The second kappa shape index (κ2) is 8.12. The molecule has 0 radical (unpaired) electrons. The zero-order valence-corrected chi connectivity index (χ0v) is 14.5. The van der Waals surface area contributed by atoms with Gasteiger partial charge < -0.3 is 15.0 Å². The molecule has 2 amide bonds. The van der Waals surface area contributed by atoms with Gasteiger partial charge in [-0.05, 0) is 30.7 Å². The van der Waals surface area contributed by atoms with Crippen LogP contribution in [-0.4, -0.2) is 35.1 Å². The second-order valence-corrected chi connectivity index (χ2v) is 6.34. The summed E-state index contributed by atoms with van der Waals surface area (Å²) in [5, 5.41) is 2.95. The van der Waals surface area contributed by atoms with Gasteiger partial charge in [0.25, 0.3) is 0 Å². The maximum atomic E-state index is 13.7. The number of rotatable bonds is 4. The van der Waals surface area contributed by atoms with Gasteiger partial charge in [-0.1, -0.05) is 6.07 Å². The fourth-order valence-electron chi connectivity index (χ4n) is 2.92. The van der Waals surface area contributed by atoms with Crippen LogP contribution in [0.15, 0.2) is 42.7 Å². The number of likely N-dealkylation sites (tertiary alicyclic amines) is 1. The van der Waals surface area contributed by atoms with E-state index in [2.05, 4.69) is 10.3 Å². The van der Waals surface area contributed by atoms with E-state index in [9.17, 15) is 13.6 Å². The molecule has 1 aliphatic heterocycles. The number of aromatic nitrogens is 1. The smallest absolute Gasteiger partial charge is 0.317 e. The molecule has 5 nitrogen and oxygen atoms in total. The average molecular weight is 361 g/mol. The van der Waals surface area contributed by atoms with Gasteiger partial charge in [0.15, 0.2) is 11.6 Å². The van der Waals surface area contributed by atoms with E-state index in [1.807, 2.05) is 19.1 Å². The molecule has 0 aliphatic carbocycles. The van der Waals surface area contributed by atoms with E-state index in [1.165, 1.54) is 12.1 Å². The van der Waals surface area contributed by atoms with Crippen LogP contribution in [0.2, 0.25) is 0 Å². The lowest BCUT2D eigenvalue weighted by molar-refractivity contribution is 0.106. The van der Waals surface area contributed by atoms with Gasteiger partial charge in [-0.2, -0.15) is 0 Å². The van der Waals surface area contributed by atoms with Crippen LogP contribution in [-0.2, 0) is 0 Å². The van der Waals surface area contributed by atoms with Crippen molar-refractivity contribution < 1.29 is 18.3 Å². The Labute approximate surface area is 151 Å². The Morgan fingerprint density at radius 2 is 2.08 bits per heavy atom. The molecule has 2 aromatic rings. The summed E-state index contributed by atoms with van der Waals surface area (Å²) in [6.45, 7) is 2.93. The van der Waals surface area contributed by atoms with E-state index < -0.39 is 11.6 Å². The number of piperidine rings is 1. The van der Waals surface area contributed by atoms with Crippen molar-refractivity contribution in [2.45, 2.75) is 31.9 Å². The molecule has 0 spiro atoms. The van der Waals surface area contributed by atoms with Gasteiger partial charge in [0.1, 0.15) is 11.9 Å². The highest BCUT2D eigenvalue weighted by Crippen LogP contribution is 2.23. The predicted octanol–water partition coefficient (Wildman–Crippen LogP) is 3.67.